The summed E-state index contributed by atoms with van der Waals surface area (Å²) < 4.78 is 24.8. The number of aromatic nitrogens is 2. The van der Waals surface area contributed by atoms with Crippen LogP contribution >= 0.6 is 0 Å². The summed E-state index contributed by atoms with van der Waals surface area (Å²) in [6.07, 6.45) is 7.47. The Morgan fingerprint density at radius 2 is 1.94 bits per heavy atom. The van der Waals surface area contributed by atoms with Gasteiger partial charge in [0.25, 0.3) is 10.0 Å². The minimum absolute atomic E-state index is 0.00299. The molecule has 2 rings (SSSR count). The fourth-order valence-electron chi connectivity index (χ4n) is 2.60. The Balaban J connectivity index is 2.41. The highest BCUT2D eigenvalue weighted by molar-refractivity contribution is 7.89. The largest absolute Gasteiger partial charge is 0.330 e. The number of primary sulfonamides is 1. The van der Waals surface area contributed by atoms with Gasteiger partial charge in [0.2, 0.25) is 0 Å². The molecule has 1 aromatic heterocycles. The summed E-state index contributed by atoms with van der Waals surface area (Å²) in [5.41, 5.74) is 0. The Kier molecular flexibility index (Phi) is 3.77. The van der Waals surface area contributed by atoms with E-state index in [9.17, 15) is 8.42 Å². The van der Waals surface area contributed by atoms with Crippen molar-refractivity contribution in [3.05, 3.63) is 12.0 Å². The van der Waals surface area contributed by atoms with Crippen LogP contribution in [0.25, 0.3) is 0 Å². The van der Waals surface area contributed by atoms with Crippen LogP contribution in [-0.4, -0.2) is 18.0 Å². The number of hydrogen-bond donors (Lipinski definition) is 1. The van der Waals surface area contributed by atoms with Crippen LogP contribution in [0.15, 0.2) is 11.2 Å². The van der Waals surface area contributed by atoms with Gasteiger partial charge in [-0.05, 0) is 12.8 Å². The first-order chi connectivity index (χ1) is 8.39. The molecule has 0 aliphatic heterocycles. The topological polar surface area (TPSA) is 78.0 Å². The maximum absolute atomic E-state index is 11.4. The van der Waals surface area contributed by atoms with Crippen molar-refractivity contribution in [1.29, 1.82) is 0 Å². The molecule has 0 spiro atoms. The maximum Gasteiger partial charge on any atom is 0.257 e. The lowest BCUT2D eigenvalue weighted by Crippen LogP contribution is -2.15. The Morgan fingerprint density at radius 1 is 1.33 bits per heavy atom. The summed E-state index contributed by atoms with van der Waals surface area (Å²) in [5.74, 6) is 1.02. The Hall–Kier alpha value is -0.880. The van der Waals surface area contributed by atoms with Gasteiger partial charge in [-0.25, -0.2) is 18.5 Å². The first kappa shape index (κ1) is 13.5. The van der Waals surface area contributed by atoms with Crippen molar-refractivity contribution in [2.24, 2.45) is 5.14 Å². The van der Waals surface area contributed by atoms with Crippen LogP contribution in [0.4, 0.5) is 0 Å². The van der Waals surface area contributed by atoms with E-state index in [0.29, 0.717) is 6.04 Å². The standard InChI is InChI=1S/C12H21N3O2S/c1-9(2)12-14-11(18(13,16)17)8-15(12)10-6-4-3-5-7-10/h8-10H,3-7H2,1-2H3,(H2,13,16,17). The zero-order valence-corrected chi connectivity index (χ0v) is 11.8. The summed E-state index contributed by atoms with van der Waals surface area (Å²) >= 11 is 0. The molecule has 1 aromatic rings. The normalized spacial score (nSPS) is 18.4. The Labute approximate surface area is 108 Å². The van der Waals surface area contributed by atoms with Crippen LogP contribution in [0.2, 0.25) is 0 Å². The third kappa shape index (κ3) is 2.75. The van der Waals surface area contributed by atoms with Gasteiger partial charge in [-0.15, -0.1) is 0 Å². The molecule has 18 heavy (non-hydrogen) atoms. The predicted octanol–water partition coefficient (Wildman–Crippen LogP) is 2.16. The highest BCUT2D eigenvalue weighted by Crippen LogP contribution is 2.31. The van der Waals surface area contributed by atoms with Crippen LogP contribution in [0.3, 0.4) is 0 Å². The fourth-order valence-corrected chi connectivity index (χ4v) is 3.08. The molecule has 0 unspecified atom stereocenters. The van der Waals surface area contributed by atoms with E-state index in [2.05, 4.69) is 4.98 Å². The third-order valence-corrected chi connectivity index (χ3v) is 4.29. The summed E-state index contributed by atoms with van der Waals surface area (Å²) in [6.45, 7) is 4.04. The van der Waals surface area contributed by atoms with Gasteiger partial charge < -0.3 is 4.57 Å². The second-order valence-electron chi connectivity index (χ2n) is 5.34. The second-order valence-corrected chi connectivity index (χ2v) is 6.84. The molecule has 0 aromatic carbocycles. The maximum atomic E-state index is 11.4. The average Bonchev–Trinajstić information content (AvgIpc) is 2.74. The summed E-state index contributed by atoms with van der Waals surface area (Å²) in [4.78, 5) is 4.21. The van der Waals surface area contributed by atoms with E-state index in [-0.39, 0.29) is 10.9 Å². The van der Waals surface area contributed by atoms with E-state index in [1.807, 2.05) is 18.4 Å². The highest BCUT2D eigenvalue weighted by Gasteiger charge is 2.23. The van der Waals surface area contributed by atoms with Crippen molar-refractivity contribution in [3.63, 3.8) is 0 Å². The highest BCUT2D eigenvalue weighted by atomic mass is 32.2. The molecule has 1 aliphatic carbocycles. The Morgan fingerprint density at radius 3 is 2.44 bits per heavy atom. The summed E-state index contributed by atoms with van der Waals surface area (Å²) in [6, 6.07) is 0.374. The quantitative estimate of drug-likeness (QED) is 0.915. The molecular weight excluding hydrogens is 250 g/mol. The van der Waals surface area contributed by atoms with Crippen molar-refractivity contribution in [2.45, 2.75) is 62.9 Å². The smallest absolute Gasteiger partial charge is 0.257 e. The molecule has 6 heteroatoms. The van der Waals surface area contributed by atoms with Gasteiger partial charge in [-0.1, -0.05) is 33.1 Å². The predicted molar refractivity (Wildman–Crippen MR) is 69.8 cm³/mol. The second kappa shape index (κ2) is 5.01. The van der Waals surface area contributed by atoms with Crippen LogP contribution in [0.5, 0.6) is 0 Å². The molecule has 1 fully saturated rings. The van der Waals surface area contributed by atoms with E-state index in [1.165, 1.54) is 19.3 Å². The molecule has 2 N–H and O–H groups in total. The molecule has 0 amide bonds. The van der Waals surface area contributed by atoms with Gasteiger partial charge in [-0.2, -0.15) is 0 Å². The molecule has 0 atom stereocenters. The lowest BCUT2D eigenvalue weighted by molar-refractivity contribution is 0.342. The lowest BCUT2D eigenvalue weighted by Gasteiger charge is -2.25. The minimum Gasteiger partial charge on any atom is -0.330 e. The number of sulfonamides is 1. The molecular formula is C12H21N3O2S. The van der Waals surface area contributed by atoms with Crippen molar-refractivity contribution < 1.29 is 8.42 Å². The first-order valence-corrected chi connectivity index (χ1v) is 8.06. The lowest BCUT2D eigenvalue weighted by atomic mass is 9.95. The molecule has 102 valence electrons. The average molecular weight is 271 g/mol. The van der Waals surface area contributed by atoms with Crippen molar-refractivity contribution >= 4 is 10.0 Å². The van der Waals surface area contributed by atoms with Crippen LogP contribution in [-0.2, 0) is 10.0 Å². The molecule has 0 radical (unpaired) electrons. The van der Waals surface area contributed by atoms with Crippen molar-refractivity contribution in [2.75, 3.05) is 0 Å². The van der Waals surface area contributed by atoms with E-state index < -0.39 is 10.0 Å². The number of hydrogen-bond acceptors (Lipinski definition) is 3. The Bertz CT molecular complexity index is 513. The number of rotatable bonds is 3. The molecule has 0 saturated heterocycles. The minimum atomic E-state index is -3.71. The van der Waals surface area contributed by atoms with E-state index in [1.54, 1.807) is 6.20 Å². The molecule has 0 bridgehead atoms. The van der Waals surface area contributed by atoms with Gasteiger partial charge in [0.05, 0.1) is 0 Å². The van der Waals surface area contributed by atoms with Crippen LogP contribution in [0.1, 0.15) is 63.7 Å². The zero-order valence-electron chi connectivity index (χ0n) is 11.0. The van der Waals surface area contributed by atoms with Crippen molar-refractivity contribution in [3.8, 4) is 0 Å². The summed E-state index contributed by atoms with van der Waals surface area (Å²) in [7, 11) is -3.71. The van der Waals surface area contributed by atoms with Gasteiger partial charge in [0, 0.05) is 18.2 Å². The zero-order chi connectivity index (χ0) is 13.3. The molecule has 5 nitrogen and oxygen atoms in total. The van der Waals surface area contributed by atoms with Crippen LogP contribution < -0.4 is 5.14 Å². The van der Waals surface area contributed by atoms with Crippen molar-refractivity contribution in [1.82, 2.24) is 9.55 Å². The number of imidazole rings is 1. The molecule has 1 heterocycles. The molecule has 1 aliphatic rings. The molecule has 1 saturated carbocycles. The monoisotopic (exact) mass is 271 g/mol. The van der Waals surface area contributed by atoms with Gasteiger partial charge in [0.15, 0.2) is 5.03 Å². The third-order valence-electron chi connectivity index (χ3n) is 3.51. The number of nitrogens with two attached hydrogens (primary N) is 1. The van der Waals surface area contributed by atoms with Gasteiger partial charge in [0.1, 0.15) is 5.82 Å². The first-order valence-electron chi connectivity index (χ1n) is 6.51. The van der Waals surface area contributed by atoms with Gasteiger partial charge >= 0.3 is 0 Å². The summed E-state index contributed by atoms with van der Waals surface area (Å²) in [5, 5.41) is 5.16. The van der Waals surface area contributed by atoms with Gasteiger partial charge in [-0.3, -0.25) is 0 Å². The number of nitrogens with zero attached hydrogens (tertiary/aromatic N) is 2. The fraction of sp³-hybridized carbons (Fsp3) is 0.750. The van der Waals surface area contributed by atoms with E-state index >= 15 is 0 Å². The van der Waals surface area contributed by atoms with Crippen LogP contribution in [0, 0.1) is 0 Å². The SMILES string of the molecule is CC(C)c1nc(S(N)(=O)=O)cn1C1CCCCC1. The van der Waals surface area contributed by atoms with E-state index in [4.69, 9.17) is 5.14 Å². The van der Waals surface area contributed by atoms with E-state index in [0.717, 1.165) is 18.7 Å².